The Bertz CT molecular complexity index is 1200. The van der Waals surface area contributed by atoms with Crippen molar-refractivity contribution in [3.8, 4) is 0 Å². The molecule has 0 atom stereocenters. The van der Waals surface area contributed by atoms with E-state index in [1.165, 1.54) is 28.6 Å². The third kappa shape index (κ3) is 5.52. The minimum absolute atomic E-state index is 0.169. The molecule has 0 aromatic heterocycles. The second-order valence-corrected chi connectivity index (χ2v) is 9.19. The first-order valence-electron chi connectivity index (χ1n) is 10.5. The molecule has 0 bridgehead atoms. The molecule has 2 N–H and O–H groups in total. The molecule has 0 fully saturated rings. The number of nitrogens with one attached hydrogen (secondary N) is 2. The number of amides is 2. The second kappa shape index (κ2) is 10.4. The van der Waals surface area contributed by atoms with Crippen LogP contribution in [0, 0.1) is 0 Å². The predicted octanol–water partition coefficient (Wildman–Crippen LogP) is 3.17. The van der Waals surface area contributed by atoms with Crippen molar-refractivity contribution < 1.29 is 18.0 Å². The van der Waals surface area contributed by atoms with Gasteiger partial charge in [-0.25, -0.2) is 8.42 Å². The fourth-order valence-corrected chi connectivity index (χ4v) is 4.95. The van der Waals surface area contributed by atoms with Crippen LogP contribution in [0.25, 0.3) is 10.8 Å². The van der Waals surface area contributed by atoms with E-state index in [1.54, 1.807) is 13.8 Å². The number of sulfonamides is 1. The van der Waals surface area contributed by atoms with Gasteiger partial charge in [-0.05, 0) is 40.6 Å². The van der Waals surface area contributed by atoms with Crippen molar-refractivity contribution >= 4 is 38.3 Å². The standard InChI is InChI=1S/C24H27N3O4S/c1-3-27(4-2)32(30,31)21-14-12-20(13-15-21)26-24(29)17-25-23(28)16-19-10-7-9-18-8-5-6-11-22(18)19/h5-15H,3-4,16-17H2,1-2H3,(H,25,28)(H,26,29). The number of hydrogen-bond donors (Lipinski definition) is 2. The molecule has 0 aliphatic rings. The molecule has 0 spiro atoms. The second-order valence-electron chi connectivity index (χ2n) is 7.25. The highest BCUT2D eigenvalue weighted by atomic mass is 32.2. The van der Waals surface area contributed by atoms with E-state index in [0.29, 0.717) is 18.8 Å². The van der Waals surface area contributed by atoms with Gasteiger partial charge in [0.2, 0.25) is 21.8 Å². The molecule has 0 aliphatic heterocycles. The molecule has 168 valence electrons. The smallest absolute Gasteiger partial charge is 0.243 e. The van der Waals surface area contributed by atoms with Crippen LogP contribution in [-0.2, 0) is 26.0 Å². The molecule has 0 heterocycles. The summed E-state index contributed by atoms with van der Waals surface area (Å²) in [7, 11) is -3.55. The summed E-state index contributed by atoms with van der Waals surface area (Å²) in [5, 5.41) is 7.36. The van der Waals surface area contributed by atoms with Gasteiger partial charge in [0, 0.05) is 18.8 Å². The zero-order valence-corrected chi connectivity index (χ0v) is 19.0. The van der Waals surface area contributed by atoms with Gasteiger partial charge < -0.3 is 10.6 Å². The minimum Gasteiger partial charge on any atom is -0.347 e. The third-order valence-corrected chi connectivity index (χ3v) is 7.22. The van der Waals surface area contributed by atoms with E-state index in [0.717, 1.165) is 16.3 Å². The Morgan fingerprint density at radius 1 is 0.844 bits per heavy atom. The fourth-order valence-electron chi connectivity index (χ4n) is 3.49. The summed E-state index contributed by atoms with van der Waals surface area (Å²) in [6.45, 7) is 4.16. The lowest BCUT2D eigenvalue weighted by Crippen LogP contribution is -2.33. The molecule has 0 saturated carbocycles. The zero-order valence-electron chi connectivity index (χ0n) is 18.2. The van der Waals surface area contributed by atoms with Crippen molar-refractivity contribution in [1.82, 2.24) is 9.62 Å². The van der Waals surface area contributed by atoms with Crippen LogP contribution in [0.5, 0.6) is 0 Å². The number of anilines is 1. The van der Waals surface area contributed by atoms with Crippen LogP contribution in [0.4, 0.5) is 5.69 Å². The Morgan fingerprint density at radius 2 is 1.50 bits per heavy atom. The monoisotopic (exact) mass is 453 g/mol. The number of carbonyl (C=O) groups excluding carboxylic acids is 2. The van der Waals surface area contributed by atoms with E-state index in [4.69, 9.17) is 0 Å². The first-order valence-corrected chi connectivity index (χ1v) is 11.9. The highest BCUT2D eigenvalue weighted by molar-refractivity contribution is 7.89. The number of benzene rings is 3. The van der Waals surface area contributed by atoms with E-state index in [2.05, 4.69) is 10.6 Å². The molecular formula is C24H27N3O4S. The summed E-state index contributed by atoms with van der Waals surface area (Å²) >= 11 is 0. The molecule has 3 aromatic carbocycles. The summed E-state index contributed by atoms with van der Waals surface area (Å²) in [5.74, 6) is -0.646. The fraction of sp³-hybridized carbons (Fsp3) is 0.250. The Morgan fingerprint density at radius 3 is 2.19 bits per heavy atom. The van der Waals surface area contributed by atoms with E-state index < -0.39 is 15.9 Å². The SMILES string of the molecule is CCN(CC)S(=O)(=O)c1ccc(NC(=O)CNC(=O)Cc2cccc3ccccc23)cc1. The Hall–Kier alpha value is -3.23. The van der Waals surface area contributed by atoms with Crippen LogP contribution in [0.15, 0.2) is 71.6 Å². The lowest BCUT2D eigenvalue weighted by Gasteiger charge is -2.18. The van der Waals surface area contributed by atoms with Crippen LogP contribution in [-0.4, -0.2) is 44.2 Å². The summed E-state index contributed by atoms with van der Waals surface area (Å²) in [6.07, 6.45) is 0.173. The molecule has 3 rings (SSSR count). The van der Waals surface area contributed by atoms with E-state index in [1.807, 2.05) is 42.5 Å². The summed E-state index contributed by atoms with van der Waals surface area (Å²) in [5.41, 5.74) is 1.35. The number of nitrogens with zero attached hydrogens (tertiary/aromatic N) is 1. The molecule has 3 aromatic rings. The molecule has 0 aliphatic carbocycles. The first-order chi connectivity index (χ1) is 15.3. The highest BCUT2D eigenvalue weighted by Gasteiger charge is 2.21. The van der Waals surface area contributed by atoms with Crippen LogP contribution in [0.1, 0.15) is 19.4 Å². The van der Waals surface area contributed by atoms with E-state index >= 15 is 0 Å². The Kier molecular flexibility index (Phi) is 7.61. The largest absolute Gasteiger partial charge is 0.347 e. The van der Waals surface area contributed by atoms with Crippen molar-refractivity contribution in [3.63, 3.8) is 0 Å². The molecule has 0 unspecified atom stereocenters. The van der Waals surface area contributed by atoms with Gasteiger partial charge in [0.15, 0.2) is 0 Å². The van der Waals surface area contributed by atoms with Crippen LogP contribution < -0.4 is 10.6 Å². The van der Waals surface area contributed by atoms with Crippen LogP contribution >= 0.6 is 0 Å². The Labute approximate surface area is 188 Å². The van der Waals surface area contributed by atoms with Crippen molar-refractivity contribution in [1.29, 1.82) is 0 Å². The summed E-state index contributed by atoms with van der Waals surface area (Å²) < 4.78 is 26.4. The van der Waals surface area contributed by atoms with Crippen LogP contribution in [0.3, 0.4) is 0 Å². The van der Waals surface area contributed by atoms with Crippen molar-refractivity contribution in [2.24, 2.45) is 0 Å². The summed E-state index contributed by atoms with van der Waals surface area (Å²) in [6, 6.07) is 19.6. The maximum Gasteiger partial charge on any atom is 0.243 e. The molecule has 8 heteroatoms. The quantitative estimate of drug-likeness (QED) is 0.520. The number of carbonyl (C=O) groups is 2. The Balaban J connectivity index is 1.55. The molecular weight excluding hydrogens is 426 g/mol. The number of hydrogen-bond acceptors (Lipinski definition) is 4. The van der Waals surface area contributed by atoms with Gasteiger partial charge in [-0.2, -0.15) is 4.31 Å². The topological polar surface area (TPSA) is 95.6 Å². The van der Waals surface area contributed by atoms with Crippen molar-refractivity contribution in [2.45, 2.75) is 25.2 Å². The third-order valence-electron chi connectivity index (χ3n) is 5.16. The van der Waals surface area contributed by atoms with Gasteiger partial charge in [0.1, 0.15) is 0 Å². The molecule has 0 saturated heterocycles. The maximum absolute atomic E-state index is 12.5. The maximum atomic E-state index is 12.5. The van der Waals surface area contributed by atoms with Crippen LogP contribution in [0.2, 0.25) is 0 Å². The van der Waals surface area contributed by atoms with E-state index in [9.17, 15) is 18.0 Å². The van der Waals surface area contributed by atoms with Crippen molar-refractivity contribution in [3.05, 3.63) is 72.3 Å². The minimum atomic E-state index is -3.55. The van der Waals surface area contributed by atoms with Gasteiger partial charge >= 0.3 is 0 Å². The van der Waals surface area contributed by atoms with Gasteiger partial charge in [-0.15, -0.1) is 0 Å². The molecule has 32 heavy (non-hydrogen) atoms. The number of fused-ring (bicyclic) bond motifs is 1. The lowest BCUT2D eigenvalue weighted by atomic mass is 10.0. The molecule has 7 nitrogen and oxygen atoms in total. The lowest BCUT2D eigenvalue weighted by molar-refractivity contribution is -0.123. The first kappa shape index (κ1) is 23.4. The van der Waals surface area contributed by atoms with Gasteiger partial charge in [0.25, 0.3) is 0 Å². The molecule has 2 amide bonds. The van der Waals surface area contributed by atoms with Gasteiger partial charge in [-0.1, -0.05) is 56.3 Å². The van der Waals surface area contributed by atoms with Crippen molar-refractivity contribution in [2.75, 3.05) is 25.0 Å². The predicted molar refractivity (Wildman–Crippen MR) is 126 cm³/mol. The molecule has 0 radical (unpaired) electrons. The number of rotatable bonds is 9. The average molecular weight is 454 g/mol. The normalized spacial score (nSPS) is 11.5. The summed E-state index contributed by atoms with van der Waals surface area (Å²) in [4.78, 5) is 24.7. The zero-order chi connectivity index (χ0) is 23.1. The van der Waals surface area contributed by atoms with E-state index in [-0.39, 0.29) is 23.8 Å². The average Bonchev–Trinajstić information content (AvgIpc) is 2.79. The van der Waals surface area contributed by atoms with Gasteiger partial charge in [0.05, 0.1) is 17.9 Å². The van der Waals surface area contributed by atoms with Gasteiger partial charge in [-0.3, -0.25) is 9.59 Å². The highest BCUT2D eigenvalue weighted by Crippen LogP contribution is 2.19.